The van der Waals surface area contributed by atoms with E-state index in [-0.39, 0.29) is 25.7 Å². The molecule has 3 N–H and O–H groups in total. The molecule has 104 heavy (non-hydrogen) atoms. The number of hydrogen-bond donors (Lipinski definition) is 3. The number of phosphoric acid groups is 2. The van der Waals surface area contributed by atoms with Crippen molar-refractivity contribution in [3.63, 3.8) is 0 Å². The summed E-state index contributed by atoms with van der Waals surface area (Å²) in [5, 5.41) is 10.6. The van der Waals surface area contributed by atoms with Crippen LogP contribution in [-0.4, -0.2) is 96.7 Å². The molecule has 0 fully saturated rings. The molecule has 0 aliphatic rings. The molecule has 19 heteroatoms. The Morgan fingerprint density at radius 3 is 0.769 bits per heavy atom. The van der Waals surface area contributed by atoms with Crippen LogP contribution < -0.4 is 0 Å². The lowest BCUT2D eigenvalue weighted by atomic mass is 10.0. The minimum atomic E-state index is -4.99. The van der Waals surface area contributed by atoms with Gasteiger partial charge in [0, 0.05) is 25.7 Å². The van der Waals surface area contributed by atoms with Crippen LogP contribution in [0.1, 0.15) is 336 Å². The van der Waals surface area contributed by atoms with Crippen molar-refractivity contribution in [2.45, 2.75) is 354 Å². The Bertz CT molecular complexity index is 2440. The minimum Gasteiger partial charge on any atom is -0.462 e. The van der Waals surface area contributed by atoms with Crippen molar-refractivity contribution in [1.29, 1.82) is 0 Å². The molecule has 0 saturated carbocycles. The number of ether oxygens (including phenoxy) is 4. The van der Waals surface area contributed by atoms with E-state index in [0.29, 0.717) is 25.7 Å². The molecule has 0 aliphatic heterocycles. The highest BCUT2D eigenvalue weighted by Crippen LogP contribution is 2.45. The zero-order valence-electron chi connectivity index (χ0n) is 65.4. The smallest absolute Gasteiger partial charge is 0.462 e. The zero-order chi connectivity index (χ0) is 76.0. The fourth-order valence-corrected chi connectivity index (χ4v) is 12.4. The van der Waals surface area contributed by atoms with Crippen molar-refractivity contribution in [3.8, 4) is 0 Å². The Labute approximate surface area is 632 Å². The lowest BCUT2D eigenvalue weighted by Gasteiger charge is -2.21. The van der Waals surface area contributed by atoms with Gasteiger partial charge in [-0.3, -0.25) is 37.3 Å². The number of carbonyl (C=O) groups excluding carboxylic acids is 4. The van der Waals surface area contributed by atoms with Gasteiger partial charge in [-0.25, -0.2) is 9.13 Å². The van der Waals surface area contributed by atoms with Crippen LogP contribution in [0.3, 0.4) is 0 Å². The molecule has 0 aromatic carbocycles. The summed E-state index contributed by atoms with van der Waals surface area (Å²) in [7, 11) is -9.97. The molecular weight excluding hydrogens is 1350 g/mol. The van der Waals surface area contributed by atoms with E-state index < -0.39 is 97.5 Å². The summed E-state index contributed by atoms with van der Waals surface area (Å²) in [6.45, 7) is 4.53. The lowest BCUT2D eigenvalue weighted by molar-refractivity contribution is -0.161. The summed E-state index contributed by atoms with van der Waals surface area (Å²) in [4.78, 5) is 73.1. The van der Waals surface area contributed by atoms with Gasteiger partial charge in [-0.1, -0.05) is 303 Å². The Morgan fingerprint density at radius 1 is 0.279 bits per heavy atom. The molecule has 0 rings (SSSR count). The van der Waals surface area contributed by atoms with Crippen LogP contribution in [0.25, 0.3) is 0 Å². The number of aliphatic hydroxyl groups excluding tert-OH is 1. The van der Waals surface area contributed by atoms with E-state index >= 15 is 0 Å². The quantitative estimate of drug-likeness (QED) is 0.0169. The molecule has 598 valence electrons. The summed E-state index contributed by atoms with van der Waals surface area (Å²) in [5.74, 6) is -2.20. The summed E-state index contributed by atoms with van der Waals surface area (Å²) in [6.07, 6.45) is 84.5. The number of esters is 4. The molecule has 0 aromatic rings. The van der Waals surface area contributed by atoms with Crippen molar-refractivity contribution in [1.82, 2.24) is 0 Å². The third-order valence-corrected chi connectivity index (χ3v) is 18.8. The van der Waals surface area contributed by atoms with Gasteiger partial charge in [0.05, 0.1) is 26.4 Å². The standard InChI is InChI=1S/C85H146O17P2/c1-5-9-13-17-21-25-29-33-36-38-39-41-44-47-50-54-58-62-66-70-83(88)96-76-81(102-85(90)72-68-64-60-56-52-48-42-35-31-27-23-19-15-11-7-3)78-100-104(93,94)98-74-79(86)73-97-103(91,92)99-77-80(101-84(89)71-67-63-59-55-51-45-32-28-24-20-16-12-8-4)75-95-82(87)69-65-61-57-53-49-46-43-40-37-34-30-26-22-18-14-10-6-2/h9-11,13-15,21-23,25-27,33-37,39,41-42,79-81,86H,5-8,12,16-20,24,28-32,38,40,43-78H2,1-4H3,(H,91,92)(H,93,94)/b13-9-,14-10-,15-11-,25-21-,26-22-,27-23-,36-33-,37-34-,41-39-,42-35-. The van der Waals surface area contributed by atoms with E-state index in [0.717, 1.165) is 205 Å². The maximum absolute atomic E-state index is 13.1. The molecule has 17 nitrogen and oxygen atoms in total. The van der Waals surface area contributed by atoms with Gasteiger partial charge < -0.3 is 33.8 Å². The van der Waals surface area contributed by atoms with E-state index in [2.05, 4.69) is 149 Å². The van der Waals surface area contributed by atoms with Crippen LogP contribution in [-0.2, 0) is 65.4 Å². The van der Waals surface area contributed by atoms with Gasteiger partial charge in [-0.2, -0.15) is 0 Å². The minimum absolute atomic E-state index is 0.0704. The molecule has 0 saturated heterocycles. The summed E-state index contributed by atoms with van der Waals surface area (Å²) < 4.78 is 68.7. The van der Waals surface area contributed by atoms with E-state index in [9.17, 15) is 43.2 Å². The van der Waals surface area contributed by atoms with Crippen LogP contribution in [0.4, 0.5) is 0 Å². The van der Waals surface area contributed by atoms with Gasteiger partial charge in [0.1, 0.15) is 19.3 Å². The van der Waals surface area contributed by atoms with Crippen LogP contribution in [0.5, 0.6) is 0 Å². The maximum atomic E-state index is 13.1. The first kappa shape index (κ1) is 99.5. The Morgan fingerprint density at radius 2 is 0.500 bits per heavy atom. The molecule has 0 bridgehead atoms. The normalized spacial score (nSPS) is 14.5. The summed E-state index contributed by atoms with van der Waals surface area (Å²) in [5.41, 5.74) is 0. The highest BCUT2D eigenvalue weighted by atomic mass is 31.2. The maximum Gasteiger partial charge on any atom is 0.472 e. The molecule has 0 amide bonds. The Balaban J connectivity index is 5.36. The number of rotatable bonds is 76. The highest BCUT2D eigenvalue weighted by Gasteiger charge is 2.30. The first-order valence-corrected chi connectivity index (χ1v) is 43.8. The van der Waals surface area contributed by atoms with Crippen molar-refractivity contribution >= 4 is 39.5 Å². The highest BCUT2D eigenvalue weighted by molar-refractivity contribution is 7.47. The summed E-state index contributed by atoms with van der Waals surface area (Å²) >= 11 is 0. The largest absolute Gasteiger partial charge is 0.472 e. The number of phosphoric ester groups is 2. The zero-order valence-corrected chi connectivity index (χ0v) is 67.2. The number of hydrogen-bond acceptors (Lipinski definition) is 15. The molecule has 0 heterocycles. The topological polar surface area (TPSA) is 237 Å². The predicted octanol–water partition coefficient (Wildman–Crippen LogP) is 23.9. The first-order chi connectivity index (χ1) is 50.7. The van der Waals surface area contributed by atoms with Crippen molar-refractivity contribution < 1.29 is 80.2 Å². The number of allylic oxidation sites excluding steroid dienone is 20. The first-order valence-electron chi connectivity index (χ1n) is 40.8. The third-order valence-electron chi connectivity index (χ3n) is 16.9. The van der Waals surface area contributed by atoms with Gasteiger partial charge in [-0.05, 0) is 128 Å². The second kappa shape index (κ2) is 76.6. The van der Waals surface area contributed by atoms with Gasteiger partial charge in [0.15, 0.2) is 12.2 Å². The predicted molar refractivity (Wildman–Crippen MR) is 427 cm³/mol. The fraction of sp³-hybridized carbons (Fsp3) is 0.718. The van der Waals surface area contributed by atoms with E-state index in [4.69, 9.17) is 37.0 Å². The third kappa shape index (κ3) is 75.7. The Hall–Kier alpha value is -4.54. The average Bonchev–Trinajstić information content (AvgIpc) is 0.911. The second-order valence-electron chi connectivity index (χ2n) is 26.9. The van der Waals surface area contributed by atoms with Crippen LogP contribution >= 0.6 is 15.6 Å². The van der Waals surface area contributed by atoms with Crippen molar-refractivity contribution in [3.05, 3.63) is 122 Å². The van der Waals surface area contributed by atoms with Crippen LogP contribution in [0, 0.1) is 0 Å². The summed E-state index contributed by atoms with van der Waals surface area (Å²) in [6, 6.07) is 0. The SMILES string of the molecule is CC/C=C\C/C=C\C/C=C\C/C=C\CCCCCCCCC(=O)OCC(COP(=O)(O)OCC(O)COP(=O)(O)OCC(COC(=O)CCCCCCCCC/C=C\C/C=C\C/C=C\CC)OC(=O)CCCCCCCCCCCCCCC)OC(=O)CCCCCCC/C=C\C/C=C\C/C=C\CC. The van der Waals surface area contributed by atoms with Gasteiger partial charge >= 0.3 is 39.5 Å². The van der Waals surface area contributed by atoms with E-state index in [1.165, 1.54) is 51.4 Å². The van der Waals surface area contributed by atoms with Gasteiger partial charge in [0.25, 0.3) is 0 Å². The van der Waals surface area contributed by atoms with Crippen molar-refractivity contribution in [2.75, 3.05) is 39.6 Å². The van der Waals surface area contributed by atoms with Crippen molar-refractivity contribution in [2.24, 2.45) is 0 Å². The van der Waals surface area contributed by atoms with E-state index in [1.54, 1.807) is 0 Å². The molecule has 0 spiro atoms. The molecule has 0 radical (unpaired) electrons. The van der Waals surface area contributed by atoms with Gasteiger partial charge in [-0.15, -0.1) is 0 Å². The van der Waals surface area contributed by atoms with Crippen LogP contribution in [0.2, 0.25) is 0 Å². The number of carbonyl (C=O) groups is 4. The monoisotopic (exact) mass is 1500 g/mol. The number of unbranched alkanes of at least 4 members (excludes halogenated alkanes) is 30. The molecule has 0 aliphatic carbocycles. The molecule has 0 aromatic heterocycles. The molecular formula is C85H146O17P2. The Kier molecular flexibility index (Phi) is 73.3. The second-order valence-corrected chi connectivity index (χ2v) is 29.8. The van der Waals surface area contributed by atoms with Gasteiger partial charge in [0.2, 0.25) is 0 Å². The van der Waals surface area contributed by atoms with Crippen LogP contribution in [0.15, 0.2) is 122 Å². The number of aliphatic hydroxyl groups is 1. The van der Waals surface area contributed by atoms with E-state index in [1.807, 2.05) is 0 Å². The lowest BCUT2D eigenvalue weighted by Crippen LogP contribution is -2.30. The fourth-order valence-electron chi connectivity index (χ4n) is 10.8. The molecule has 5 unspecified atom stereocenters. The average molecular weight is 1500 g/mol. The molecule has 5 atom stereocenters.